The van der Waals surface area contributed by atoms with Gasteiger partial charge in [-0.05, 0) is 19.8 Å². The van der Waals surface area contributed by atoms with Crippen LogP contribution in [0, 0.1) is 0 Å². The summed E-state index contributed by atoms with van der Waals surface area (Å²) in [7, 11) is 1.57. The maximum atomic E-state index is 11.6. The lowest BCUT2D eigenvalue weighted by Gasteiger charge is -2.22. The summed E-state index contributed by atoms with van der Waals surface area (Å²) in [5, 5.41) is 3.07. The van der Waals surface area contributed by atoms with E-state index in [1.54, 1.807) is 14.0 Å². The van der Waals surface area contributed by atoms with Crippen LogP contribution in [0.3, 0.4) is 0 Å². The van der Waals surface area contributed by atoms with Crippen molar-refractivity contribution in [3.63, 3.8) is 0 Å². The number of nitrogens with one attached hydrogen (secondary N) is 1. The lowest BCUT2D eigenvalue weighted by molar-refractivity contribution is -0.130. The largest absolute Gasteiger partial charge is 0.372 e. The summed E-state index contributed by atoms with van der Waals surface area (Å²) in [6, 6.07) is 0.371. The Balaban J connectivity index is 2.31. The van der Waals surface area contributed by atoms with E-state index in [0.717, 1.165) is 12.8 Å². The van der Waals surface area contributed by atoms with Crippen LogP contribution >= 0.6 is 0 Å². The molecule has 1 N–H and O–H groups in total. The summed E-state index contributed by atoms with van der Waals surface area (Å²) in [6.07, 6.45) is 8.40. The molecule has 0 aromatic rings. The Labute approximate surface area is 92.6 Å². The van der Waals surface area contributed by atoms with Crippen molar-refractivity contribution in [2.45, 2.75) is 64.0 Å². The molecule has 0 radical (unpaired) electrons. The van der Waals surface area contributed by atoms with Gasteiger partial charge < -0.3 is 10.1 Å². The Kier molecular flexibility index (Phi) is 5.69. The molecule has 1 rings (SSSR count). The van der Waals surface area contributed by atoms with Gasteiger partial charge in [-0.15, -0.1) is 0 Å². The van der Waals surface area contributed by atoms with Crippen molar-refractivity contribution in [2.24, 2.45) is 0 Å². The van der Waals surface area contributed by atoms with Crippen LogP contribution in [0.15, 0.2) is 0 Å². The van der Waals surface area contributed by atoms with E-state index in [-0.39, 0.29) is 12.0 Å². The predicted octanol–water partition coefficient (Wildman–Crippen LogP) is 2.25. The molecule has 3 nitrogen and oxygen atoms in total. The van der Waals surface area contributed by atoms with Gasteiger partial charge in [0.1, 0.15) is 6.10 Å². The first-order chi connectivity index (χ1) is 7.24. The second-order valence-corrected chi connectivity index (χ2v) is 4.43. The normalized spacial score (nSPS) is 21.5. The summed E-state index contributed by atoms with van der Waals surface area (Å²) in [4.78, 5) is 11.6. The van der Waals surface area contributed by atoms with E-state index in [0.29, 0.717) is 6.04 Å². The van der Waals surface area contributed by atoms with Crippen molar-refractivity contribution in [2.75, 3.05) is 7.11 Å². The molecule has 1 atom stereocenters. The zero-order chi connectivity index (χ0) is 11.1. The van der Waals surface area contributed by atoms with Crippen LogP contribution in [0.5, 0.6) is 0 Å². The monoisotopic (exact) mass is 213 g/mol. The van der Waals surface area contributed by atoms with Gasteiger partial charge in [0.2, 0.25) is 5.91 Å². The fourth-order valence-electron chi connectivity index (χ4n) is 2.03. The van der Waals surface area contributed by atoms with Crippen LogP contribution in [0.1, 0.15) is 51.9 Å². The third-order valence-electron chi connectivity index (χ3n) is 3.17. The zero-order valence-electron chi connectivity index (χ0n) is 9.92. The number of amides is 1. The first-order valence-corrected chi connectivity index (χ1v) is 6.07. The van der Waals surface area contributed by atoms with Gasteiger partial charge >= 0.3 is 0 Å². The standard InChI is InChI=1S/C12H23NO2/c1-10(15-2)12(14)13-11-8-6-4-3-5-7-9-11/h10-11H,3-9H2,1-2H3,(H,13,14). The average Bonchev–Trinajstić information content (AvgIpc) is 2.20. The van der Waals surface area contributed by atoms with Crippen LogP contribution in [-0.2, 0) is 9.53 Å². The van der Waals surface area contributed by atoms with Crippen LogP contribution in [0.25, 0.3) is 0 Å². The molecule has 0 aromatic carbocycles. The smallest absolute Gasteiger partial charge is 0.249 e. The number of hydrogen-bond donors (Lipinski definition) is 1. The summed E-state index contributed by atoms with van der Waals surface area (Å²) in [5.74, 6) is 0.0306. The van der Waals surface area contributed by atoms with Crippen molar-refractivity contribution < 1.29 is 9.53 Å². The van der Waals surface area contributed by atoms with Crippen LogP contribution < -0.4 is 5.32 Å². The summed E-state index contributed by atoms with van der Waals surface area (Å²) in [5.41, 5.74) is 0. The number of hydrogen-bond acceptors (Lipinski definition) is 2. The molecule has 1 aliphatic carbocycles. The molecule has 1 saturated carbocycles. The van der Waals surface area contributed by atoms with Gasteiger partial charge in [0.05, 0.1) is 0 Å². The van der Waals surface area contributed by atoms with Gasteiger partial charge in [0.25, 0.3) is 0 Å². The minimum Gasteiger partial charge on any atom is -0.372 e. The number of carbonyl (C=O) groups excluding carboxylic acids is 1. The van der Waals surface area contributed by atoms with Crippen molar-refractivity contribution in [3.8, 4) is 0 Å². The molecule has 1 aliphatic rings. The number of ether oxygens (including phenoxy) is 1. The second kappa shape index (κ2) is 6.83. The topological polar surface area (TPSA) is 38.3 Å². The van der Waals surface area contributed by atoms with E-state index in [1.165, 1.54) is 32.1 Å². The number of carbonyl (C=O) groups is 1. The Morgan fingerprint density at radius 1 is 1.20 bits per heavy atom. The quantitative estimate of drug-likeness (QED) is 0.781. The average molecular weight is 213 g/mol. The predicted molar refractivity (Wildman–Crippen MR) is 60.7 cm³/mol. The third-order valence-corrected chi connectivity index (χ3v) is 3.17. The molecular weight excluding hydrogens is 190 g/mol. The van der Waals surface area contributed by atoms with E-state index in [4.69, 9.17) is 4.74 Å². The molecule has 0 heterocycles. The highest BCUT2D eigenvalue weighted by atomic mass is 16.5. The van der Waals surface area contributed by atoms with Crippen LogP contribution in [-0.4, -0.2) is 25.2 Å². The minimum atomic E-state index is -0.324. The van der Waals surface area contributed by atoms with Crippen molar-refractivity contribution in [1.82, 2.24) is 5.32 Å². The SMILES string of the molecule is COC(C)C(=O)NC1CCCCCCC1. The molecule has 0 saturated heterocycles. The Morgan fingerprint density at radius 3 is 2.27 bits per heavy atom. The lowest BCUT2D eigenvalue weighted by Crippen LogP contribution is -2.41. The first kappa shape index (κ1) is 12.5. The summed E-state index contributed by atoms with van der Waals surface area (Å²) in [6.45, 7) is 1.79. The van der Waals surface area contributed by atoms with E-state index < -0.39 is 0 Å². The fraction of sp³-hybridized carbons (Fsp3) is 0.917. The number of rotatable bonds is 3. The lowest BCUT2D eigenvalue weighted by atomic mass is 9.96. The van der Waals surface area contributed by atoms with Crippen LogP contribution in [0.2, 0.25) is 0 Å². The Hall–Kier alpha value is -0.570. The Bertz CT molecular complexity index is 186. The van der Waals surface area contributed by atoms with Gasteiger partial charge in [0, 0.05) is 13.2 Å². The van der Waals surface area contributed by atoms with E-state index >= 15 is 0 Å². The van der Waals surface area contributed by atoms with E-state index in [9.17, 15) is 4.79 Å². The zero-order valence-corrected chi connectivity index (χ0v) is 9.92. The maximum absolute atomic E-state index is 11.6. The Morgan fingerprint density at radius 2 is 1.73 bits per heavy atom. The molecule has 1 amide bonds. The van der Waals surface area contributed by atoms with E-state index in [2.05, 4.69) is 5.32 Å². The van der Waals surface area contributed by atoms with Gasteiger partial charge in [-0.25, -0.2) is 0 Å². The molecule has 3 heteroatoms. The van der Waals surface area contributed by atoms with Gasteiger partial charge in [0.15, 0.2) is 0 Å². The van der Waals surface area contributed by atoms with Crippen molar-refractivity contribution in [1.29, 1.82) is 0 Å². The van der Waals surface area contributed by atoms with Gasteiger partial charge in [-0.1, -0.05) is 32.1 Å². The molecule has 0 bridgehead atoms. The van der Waals surface area contributed by atoms with Gasteiger partial charge in [-0.3, -0.25) is 4.79 Å². The minimum absolute atomic E-state index is 0.0306. The molecule has 88 valence electrons. The molecule has 1 unspecified atom stereocenters. The summed E-state index contributed by atoms with van der Waals surface area (Å²) >= 11 is 0. The molecule has 0 aromatic heterocycles. The highest BCUT2D eigenvalue weighted by Crippen LogP contribution is 2.17. The van der Waals surface area contributed by atoms with Crippen LogP contribution in [0.4, 0.5) is 0 Å². The molecule has 1 fully saturated rings. The number of methoxy groups -OCH3 is 1. The van der Waals surface area contributed by atoms with E-state index in [1.807, 2.05) is 0 Å². The third kappa shape index (κ3) is 4.65. The molecular formula is C12H23NO2. The fourth-order valence-corrected chi connectivity index (χ4v) is 2.03. The molecule has 0 aliphatic heterocycles. The van der Waals surface area contributed by atoms with Crippen molar-refractivity contribution >= 4 is 5.91 Å². The first-order valence-electron chi connectivity index (χ1n) is 6.07. The highest BCUT2D eigenvalue weighted by Gasteiger charge is 2.17. The van der Waals surface area contributed by atoms with Gasteiger partial charge in [-0.2, -0.15) is 0 Å². The second-order valence-electron chi connectivity index (χ2n) is 4.43. The molecule has 15 heavy (non-hydrogen) atoms. The summed E-state index contributed by atoms with van der Waals surface area (Å²) < 4.78 is 5.00. The maximum Gasteiger partial charge on any atom is 0.249 e. The molecule has 0 spiro atoms. The van der Waals surface area contributed by atoms with Crippen molar-refractivity contribution in [3.05, 3.63) is 0 Å². The highest BCUT2D eigenvalue weighted by molar-refractivity contribution is 5.80.